The van der Waals surface area contributed by atoms with Gasteiger partial charge in [0.05, 0.1) is 0 Å². The molecule has 0 bridgehead atoms. The summed E-state index contributed by atoms with van der Waals surface area (Å²) in [5.41, 5.74) is 6.82. The van der Waals surface area contributed by atoms with Gasteiger partial charge in [-0.05, 0) is 50.4 Å². The minimum atomic E-state index is 0.268. The van der Waals surface area contributed by atoms with Crippen LogP contribution in [0.3, 0.4) is 0 Å². The topological polar surface area (TPSA) is 49.5 Å². The second kappa shape index (κ2) is 6.25. The Morgan fingerprint density at radius 3 is 2.84 bits per heavy atom. The molecule has 3 nitrogen and oxygen atoms in total. The molecular weight excluding hydrogens is 304 g/mol. The summed E-state index contributed by atoms with van der Waals surface area (Å²) in [7, 11) is 0. The van der Waals surface area contributed by atoms with Gasteiger partial charge in [0.25, 0.3) is 0 Å². The fourth-order valence-electron chi connectivity index (χ4n) is 3.20. The van der Waals surface area contributed by atoms with Gasteiger partial charge in [0.2, 0.25) is 0 Å². The molecular formula is C15H23BrN2O. The number of nitrogens with two attached hydrogens (primary N) is 1. The SMILES string of the molecule is CCC(c1cc(Br)ccc1O)N1CC(CN)CC1C. The summed E-state index contributed by atoms with van der Waals surface area (Å²) < 4.78 is 1.01. The number of hydrogen-bond acceptors (Lipinski definition) is 3. The van der Waals surface area contributed by atoms with E-state index in [1.54, 1.807) is 6.07 Å². The molecule has 106 valence electrons. The van der Waals surface area contributed by atoms with Crippen LogP contribution in [0, 0.1) is 5.92 Å². The molecule has 0 aliphatic carbocycles. The average Bonchev–Trinajstić information content (AvgIpc) is 2.76. The van der Waals surface area contributed by atoms with Crippen molar-refractivity contribution >= 4 is 15.9 Å². The van der Waals surface area contributed by atoms with Gasteiger partial charge in [-0.25, -0.2) is 0 Å². The largest absolute Gasteiger partial charge is 0.508 e. The quantitative estimate of drug-likeness (QED) is 0.892. The minimum Gasteiger partial charge on any atom is -0.508 e. The van der Waals surface area contributed by atoms with Crippen LogP contribution in [0.4, 0.5) is 0 Å². The zero-order chi connectivity index (χ0) is 14.0. The fraction of sp³-hybridized carbons (Fsp3) is 0.600. The van der Waals surface area contributed by atoms with E-state index in [0.717, 1.165) is 36.0 Å². The first-order valence-electron chi connectivity index (χ1n) is 7.01. The summed E-state index contributed by atoms with van der Waals surface area (Å²) in [6, 6.07) is 6.47. The molecule has 0 amide bonds. The summed E-state index contributed by atoms with van der Waals surface area (Å²) in [5.74, 6) is 0.969. The van der Waals surface area contributed by atoms with Crippen molar-refractivity contribution in [3.05, 3.63) is 28.2 Å². The molecule has 19 heavy (non-hydrogen) atoms. The second-order valence-corrected chi connectivity index (χ2v) is 6.43. The van der Waals surface area contributed by atoms with Gasteiger partial charge in [0, 0.05) is 28.7 Å². The molecule has 1 aromatic carbocycles. The molecule has 3 atom stereocenters. The number of nitrogens with zero attached hydrogens (tertiary/aromatic N) is 1. The first-order valence-corrected chi connectivity index (χ1v) is 7.80. The van der Waals surface area contributed by atoms with Gasteiger partial charge < -0.3 is 10.8 Å². The third-order valence-electron chi connectivity index (χ3n) is 4.18. The van der Waals surface area contributed by atoms with E-state index < -0.39 is 0 Å². The van der Waals surface area contributed by atoms with E-state index in [-0.39, 0.29) is 6.04 Å². The van der Waals surface area contributed by atoms with Crippen molar-refractivity contribution in [1.82, 2.24) is 4.90 Å². The predicted octanol–water partition coefficient (Wildman–Crippen LogP) is 3.27. The maximum atomic E-state index is 10.1. The third kappa shape index (κ3) is 3.12. The number of aromatic hydroxyl groups is 1. The summed E-state index contributed by atoms with van der Waals surface area (Å²) >= 11 is 3.49. The van der Waals surface area contributed by atoms with Crippen LogP contribution in [-0.2, 0) is 0 Å². The molecule has 1 aliphatic heterocycles. The lowest BCUT2D eigenvalue weighted by molar-refractivity contribution is 0.179. The Morgan fingerprint density at radius 1 is 1.53 bits per heavy atom. The Balaban J connectivity index is 2.27. The second-order valence-electron chi connectivity index (χ2n) is 5.51. The molecule has 0 saturated carbocycles. The first kappa shape index (κ1) is 14.8. The molecule has 0 aromatic heterocycles. The zero-order valence-corrected chi connectivity index (χ0v) is 13.2. The van der Waals surface area contributed by atoms with Crippen molar-refractivity contribution in [1.29, 1.82) is 0 Å². The number of phenolic OH excluding ortho intramolecular Hbond substituents is 1. The Labute approximate surface area is 123 Å². The van der Waals surface area contributed by atoms with Crippen LogP contribution in [0.15, 0.2) is 22.7 Å². The molecule has 2 rings (SSSR count). The van der Waals surface area contributed by atoms with Gasteiger partial charge in [-0.1, -0.05) is 22.9 Å². The van der Waals surface area contributed by atoms with Gasteiger partial charge in [0.15, 0.2) is 0 Å². The van der Waals surface area contributed by atoms with E-state index in [1.807, 2.05) is 12.1 Å². The first-order chi connectivity index (χ1) is 9.06. The fourth-order valence-corrected chi connectivity index (χ4v) is 3.58. The maximum absolute atomic E-state index is 10.1. The highest BCUT2D eigenvalue weighted by atomic mass is 79.9. The molecule has 3 unspecified atom stereocenters. The van der Waals surface area contributed by atoms with E-state index >= 15 is 0 Å². The summed E-state index contributed by atoms with van der Waals surface area (Å²) in [6.45, 7) is 6.21. The molecule has 1 aliphatic rings. The Morgan fingerprint density at radius 2 is 2.26 bits per heavy atom. The molecule has 3 N–H and O–H groups in total. The Hall–Kier alpha value is -0.580. The van der Waals surface area contributed by atoms with Crippen LogP contribution in [0.25, 0.3) is 0 Å². The number of phenols is 1. The van der Waals surface area contributed by atoms with Crippen LogP contribution in [0.1, 0.15) is 38.3 Å². The van der Waals surface area contributed by atoms with E-state index in [4.69, 9.17) is 5.73 Å². The van der Waals surface area contributed by atoms with Gasteiger partial charge in [-0.2, -0.15) is 0 Å². The van der Waals surface area contributed by atoms with Crippen molar-refractivity contribution in [3.8, 4) is 5.75 Å². The van der Waals surface area contributed by atoms with E-state index in [9.17, 15) is 5.11 Å². The number of rotatable bonds is 4. The van der Waals surface area contributed by atoms with Crippen LogP contribution >= 0.6 is 15.9 Å². The lowest BCUT2D eigenvalue weighted by Gasteiger charge is -2.31. The van der Waals surface area contributed by atoms with Crippen LogP contribution < -0.4 is 5.73 Å². The summed E-state index contributed by atoms with van der Waals surface area (Å²) in [6.07, 6.45) is 2.15. The standard InChI is InChI=1S/C15H23BrN2O/c1-3-14(13-7-12(16)4-5-15(13)19)18-9-11(8-17)6-10(18)2/h4-5,7,10-11,14,19H,3,6,8-9,17H2,1-2H3. The molecule has 4 heteroatoms. The Bertz CT molecular complexity index is 438. The zero-order valence-electron chi connectivity index (χ0n) is 11.6. The summed E-state index contributed by atoms with van der Waals surface area (Å²) in [4.78, 5) is 2.49. The highest BCUT2D eigenvalue weighted by molar-refractivity contribution is 9.10. The normalized spacial score (nSPS) is 25.7. The number of halogens is 1. The highest BCUT2D eigenvalue weighted by Crippen LogP contribution is 2.38. The van der Waals surface area contributed by atoms with E-state index in [2.05, 4.69) is 34.7 Å². The Kier molecular flexibility index (Phi) is 4.87. The monoisotopic (exact) mass is 326 g/mol. The predicted molar refractivity (Wildman–Crippen MR) is 82.2 cm³/mol. The smallest absolute Gasteiger partial charge is 0.120 e. The molecule has 0 spiro atoms. The van der Waals surface area contributed by atoms with Crippen LogP contribution in [0.2, 0.25) is 0 Å². The van der Waals surface area contributed by atoms with Crippen molar-refractivity contribution < 1.29 is 5.11 Å². The molecule has 0 radical (unpaired) electrons. The molecule has 1 heterocycles. The number of benzene rings is 1. The average molecular weight is 327 g/mol. The van der Waals surface area contributed by atoms with E-state index in [0.29, 0.717) is 17.7 Å². The van der Waals surface area contributed by atoms with Gasteiger partial charge in [-0.3, -0.25) is 4.90 Å². The van der Waals surface area contributed by atoms with Crippen LogP contribution in [-0.4, -0.2) is 29.1 Å². The van der Waals surface area contributed by atoms with E-state index in [1.165, 1.54) is 0 Å². The van der Waals surface area contributed by atoms with Gasteiger partial charge in [-0.15, -0.1) is 0 Å². The van der Waals surface area contributed by atoms with Gasteiger partial charge >= 0.3 is 0 Å². The van der Waals surface area contributed by atoms with Crippen molar-refractivity contribution in [2.75, 3.05) is 13.1 Å². The lowest BCUT2D eigenvalue weighted by Crippen LogP contribution is -2.32. The number of hydrogen-bond donors (Lipinski definition) is 2. The van der Waals surface area contributed by atoms with Gasteiger partial charge in [0.1, 0.15) is 5.75 Å². The lowest BCUT2D eigenvalue weighted by atomic mass is 10.0. The van der Waals surface area contributed by atoms with Crippen molar-refractivity contribution in [2.24, 2.45) is 11.7 Å². The third-order valence-corrected chi connectivity index (χ3v) is 4.67. The highest BCUT2D eigenvalue weighted by Gasteiger charge is 2.34. The van der Waals surface area contributed by atoms with Crippen molar-refractivity contribution in [2.45, 2.75) is 38.8 Å². The minimum absolute atomic E-state index is 0.268. The maximum Gasteiger partial charge on any atom is 0.120 e. The number of likely N-dealkylation sites (tertiary alicyclic amines) is 1. The molecule has 1 aromatic rings. The van der Waals surface area contributed by atoms with Crippen LogP contribution in [0.5, 0.6) is 5.75 Å². The molecule has 1 fully saturated rings. The van der Waals surface area contributed by atoms with Crippen molar-refractivity contribution in [3.63, 3.8) is 0 Å². The summed E-state index contributed by atoms with van der Waals surface area (Å²) in [5, 5.41) is 10.1. The molecule has 1 saturated heterocycles.